The van der Waals surface area contributed by atoms with Gasteiger partial charge in [-0.2, -0.15) is 0 Å². The second-order valence-electron chi connectivity index (χ2n) is 7.61. The van der Waals surface area contributed by atoms with Crippen LogP contribution in [0.5, 0.6) is 0 Å². The third-order valence-electron chi connectivity index (χ3n) is 5.31. The Hall–Kier alpha value is -4.08. The highest BCUT2D eigenvalue weighted by Crippen LogP contribution is 2.20. The summed E-state index contributed by atoms with van der Waals surface area (Å²) < 4.78 is 21.2. The number of methoxy groups -OCH3 is 1. The number of amides is 2. The highest BCUT2D eigenvalue weighted by Gasteiger charge is 2.24. The number of nitrogens with one attached hydrogen (secondary N) is 2. The van der Waals surface area contributed by atoms with Crippen molar-refractivity contribution < 1.29 is 23.8 Å². The second kappa shape index (κ2) is 10.2. The van der Waals surface area contributed by atoms with Gasteiger partial charge in [-0.15, -0.1) is 0 Å². The molecule has 0 saturated carbocycles. The summed E-state index contributed by atoms with van der Waals surface area (Å²) in [6.45, 7) is 0.0564. The number of benzene rings is 2. The SMILES string of the molecule is COC[C@H](NC(=O)c1ccc(F)c(NC(=O)c2cnc3ccccn23)c1)[C@H](O)c1ccccc1. The molecule has 0 radical (unpaired) electrons. The number of carbonyl (C=O) groups is 2. The lowest BCUT2D eigenvalue weighted by molar-refractivity contribution is 0.0594. The van der Waals surface area contributed by atoms with Crippen molar-refractivity contribution in [2.45, 2.75) is 12.1 Å². The fourth-order valence-corrected chi connectivity index (χ4v) is 3.57. The minimum Gasteiger partial charge on any atom is -0.386 e. The van der Waals surface area contributed by atoms with Gasteiger partial charge in [0.05, 0.1) is 24.5 Å². The Morgan fingerprint density at radius 3 is 2.62 bits per heavy atom. The van der Waals surface area contributed by atoms with Crippen molar-refractivity contribution in [3.8, 4) is 0 Å². The molecule has 2 aromatic carbocycles. The van der Waals surface area contributed by atoms with E-state index in [0.717, 1.165) is 6.07 Å². The Morgan fingerprint density at radius 2 is 1.85 bits per heavy atom. The molecule has 4 aromatic rings. The fourth-order valence-electron chi connectivity index (χ4n) is 3.57. The first kappa shape index (κ1) is 23.1. The van der Waals surface area contributed by atoms with E-state index in [1.807, 2.05) is 6.07 Å². The number of hydrogen-bond acceptors (Lipinski definition) is 5. The van der Waals surface area contributed by atoms with E-state index < -0.39 is 29.8 Å². The van der Waals surface area contributed by atoms with Gasteiger partial charge < -0.3 is 20.5 Å². The largest absolute Gasteiger partial charge is 0.386 e. The highest BCUT2D eigenvalue weighted by molar-refractivity contribution is 6.04. The number of hydrogen-bond donors (Lipinski definition) is 3. The molecule has 0 spiro atoms. The minimum absolute atomic E-state index is 0.0564. The maximum atomic E-state index is 14.5. The van der Waals surface area contributed by atoms with Gasteiger partial charge in [0, 0.05) is 18.9 Å². The van der Waals surface area contributed by atoms with Crippen LogP contribution in [0, 0.1) is 5.82 Å². The van der Waals surface area contributed by atoms with Gasteiger partial charge in [-0.25, -0.2) is 9.37 Å². The Kier molecular flexibility index (Phi) is 6.95. The van der Waals surface area contributed by atoms with Gasteiger partial charge in [0.25, 0.3) is 11.8 Å². The van der Waals surface area contributed by atoms with E-state index >= 15 is 0 Å². The quantitative estimate of drug-likeness (QED) is 0.373. The number of fused-ring (bicyclic) bond motifs is 1. The number of anilines is 1. The number of rotatable bonds is 8. The predicted octanol–water partition coefficient (Wildman–Crippen LogP) is 3.20. The molecule has 0 bridgehead atoms. The van der Waals surface area contributed by atoms with Crippen LogP contribution >= 0.6 is 0 Å². The lowest BCUT2D eigenvalue weighted by Crippen LogP contribution is -2.42. The molecule has 0 aliphatic carbocycles. The molecule has 8 nitrogen and oxygen atoms in total. The van der Waals surface area contributed by atoms with E-state index in [0.29, 0.717) is 11.2 Å². The summed E-state index contributed by atoms with van der Waals surface area (Å²) in [6.07, 6.45) is 2.05. The number of nitrogens with zero attached hydrogens (tertiary/aromatic N) is 2. The van der Waals surface area contributed by atoms with Crippen molar-refractivity contribution in [1.29, 1.82) is 0 Å². The molecule has 2 aromatic heterocycles. The van der Waals surface area contributed by atoms with Crippen LogP contribution in [0.3, 0.4) is 0 Å². The zero-order valence-electron chi connectivity index (χ0n) is 18.3. The van der Waals surface area contributed by atoms with Crippen LogP contribution in [-0.2, 0) is 4.74 Å². The van der Waals surface area contributed by atoms with Crippen LogP contribution in [0.4, 0.5) is 10.1 Å². The van der Waals surface area contributed by atoms with Gasteiger partial charge in [0.1, 0.15) is 23.3 Å². The first-order valence-corrected chi connectivity index (χ1v) is 10.5. The summed E-state index contributed by atoms with van der Waals surface area (Å²) in [7, 11) is 1.46. The number of carbonyl (C=O) groups excluding carboxylic acids is 2. The molecule has 4 rings (SSSR count). The monoisotopic (exact) mass is 462 g/mol. The molecule has 3 N–H and O–H groups in total. The standard InChI is InChI=1S/C25H23FN4O4/c1-34-15-20(23(31)16-7-3-2-4-8-16)29-24(32)17-10-11-18(26)19(13-17)28-25(33)21-14-27-22-9-5-6-12-30(21)22/h2-14,20,23,31H,15H2,1H3,(H,28,33)(H,29,32)/t20-,23+/m0/s1. The van der Waals surface area contributed by atoms with Gasteiger partial charge in [0.2, 0.25) is 0 Å². The molecule has 0 aliphatic rings. The van der Waals surface area contributed by atoms with Gasteiger partial charge in [-0.1, -0.05) is 36.4 Å². The predicted molar refractivity (Wildman–Crippen MR) is 124 cm³/mol. The summed E-state index contributed by atoms with van der Waals surface area (Å²) in [4.78, 5) is 29.8. The number of pyridine rings is 1. The van der Waals surface area contributed by atoms with E-state index in [1.54, 1.807) is 53.1 Å². The maximum absolute atomic E-state index is 14.5. The first-order valence-electron chi connectivity index (χ1n) is 10.5. The summed E-state index contributed by atoms with van der Waals surface area (Å²) in [5, 5.41) is 15.9. The molecule has 0 fully saturated rings. The van der Waals surface area contributed by atoms with Gasteiger partial charge in [0.15, 0.2) is 0 Å². The number of aliphatic hydroxyl groups excluding tert-OH is 1. The molecular weight excluding hydrogens is 439 g/mol. The zero-order valence-corrected chi connectivity index (χ0v) is 18.3. The molecule has 0 saturated heterocycles. The summed E-state index contributed by atoms with van der Waals surface area (Å²) in [6, 6.07) is 17.0. The normalized spacial score (nSPS) is 12.8. The lowest BCUT2D eigenvalue weighted by atomic mass is 10.0. The molecule has 2 heterocycles. The average molecular weight is 462 g/mol. The number of ether oxygens (including phenoxy) is 1. The number of halogens is 1. The van der Waals surface area contributed by atoms with Gasteiger partial charge in [-0.05, 0) is 35.9 Å². The summed E-state index contributed by atoms with van der Waals surface area (Å²) >= 11 is 0. The Morgan fingerprint density at radius 1 is 1.09 bits per heavy atom. The average Bonchev–Trinajstić information content (AvgIpc) is 3.29. The topological polar surface area (TPSA) is 105 Å². The van der Waals surface area contributed by atoms with Crippen LogP contribution in [0.2, 0.25) is 0 Å². The molecule has 174 valence electrons. The molecule has 2 amide bonds. The molecular formula is C25H23FN4O4. The Bertz CT molecular complexity index is 1310. The lowest BCUT2D eigenvalue weighted by Gasteiger charge is -2.24. The van der Waals surface area contributed by atoms with E-state index in [2.05, 4.69) is 15.6 Å². The van der Waals surface area contributed by atoms with E-state index in [9.17, 15) is 19.1 Å². The maximum Gasteiger partial charge on any atom is 0.274 e. The highest BCUT2D eigenvalue weighted by atomic mass is 19.1. The fraction of sp³-hybridized carbons (Fsp3) is 0.160. The van der Waals surface area contributed by atoms with Crippen molar-refractivity contribution in [3.05, 3.63) is 102 Å². The summed E-state index contributed by atoms with van der Waals surface area (Å²) in [5.41, 5.74) is 1.36. The van der Waals surface area contributed by atoms with Crippen LogP contribution in [0.25, 0.3) is 5.65 Å². The van der Waals surface area contributed by atoms with Crippen molar-refractivity contribution in [2.24, 2.45) is 0 Å². The molecule has 34 heavy (non-hydrogen) atoms. The minimum atomic E-state index is -1.01. The molecule has 0 unspecified atom stereocenters. The zero-order chi connectivity index (χ0) is 24.1. The van der Waals surface area contributed by atoms with Crippen molar-refractivity contribution >= 4 is 23.1 Å². The van der Waals surface area contributed by atoms with Crippen LogP contribution in [-0.4, -0.2) is 46.1 Å². The van der Waals surface area contributed by atoms with E-state index in [1.165, 1.54) is 25.4 Å². The van der Waals surface area contributed by atoms with Crippen molar-refractivity contribution in [2.75, 3.05) is 19.0 Å². The van der Waals surface area contributed by atoms with Crippen LogP contribution in [0.1, 0.15) is 32.5 Å². The third-order valence-corrected chi connectivity index (χ3v) is 5.31. The smallest absolute Gasteiger partial charge is 0.274 e. The van der Waals surface area contributed by atoms with Crippen molar-refractivity contribution in [3.63, 3.8) is 0 Å². The van der Waals surface area contributed by atoms with E-state index in [4.69, 9.17) is 4.74 Å². The number of aromatic nitrogens is 2. The van der Waals surface area contributed by atoms with Crippen LogP contribution in [0.15, 0.2) is 79.1 Å². The third kappa shape index (κ3) is 4.95. The number of aliphatic hydroxyl groups is 1. The van der Waals surface area contributed by atoms with Gasteiger partial charge in [-0.3, -0.25) is 14.0 Å². The second-order valence-corrected chi connectivity index (χ2v) is 7.61. The Balaban J connectivity index is 1.52. The Labute approximate surface area is 195 Å². The van der Waals surface area contributed by atoms with Crippen molar-refractivity contribution in [1.82, 2.24) is 14.7 Å². The van der Waals surface area contributed by atoms with Gasteiger partial charge >= 0.3 is 0 Å². The molecule has 2 atom stereocenters. The number of imidazole rings is 1. The molecule has 0 aliphatic heterocycles. The summed E-state index contributed by atoms with van der Waals surface area (Å²) in [5.74, 6) is -1.83. The molecule has 9 heteroatoms. The van der Waals surface area contributed by atoms with Crippen LogP contribution < -0.4 is 10.6 Å². The van der Waals surface area contributed by atoms with E-state index in [-0.39, 0.29) is 23.6 Å². The first-order chi connectivity index (χ1) is 16.5.